The second-order valence-electron chi connectivity index (χ2n) is 3.80. The monoisotopic (exact) mass is 282 g/mol. The molecule has 0 saturated heterocycles. The molecule has 0 radical (unpaired) electrons. The van der Waals surface area contributed by atoms with Crippen LogP contribution in [0.15, 0.2) is 47.4 Å². The molecular formula is C14H12ClFOS. The largest absolute Gasteiger partial charge is 0.392 e. The fourth-order valence-corrected chi connectivity index (χ4v) is 2.73. The number of benzene rings is 2. The molecule has 0 saturated carbocycles. The molecule has 2 aromatic rings. The van der Waals surface area contributed by atoms with Gasteiger partial charge in [0.25, 0.3) is 0 Å². The molecule has 0 aliphatic rings. The first-order valence-corrected chi connectivity index (χ1v) is 6.82. The predicted molar refractivity (Wildman–Crippen MR) is 73.3 cm³/mol. The molecule has 1 nitrogen and oxygen atoms in total. The quantitative estimate of drug-likeness (QED) is 0.846. The van der Waals surface area contributed by atoms with Gasteiger partial charge in [-0.1, -0.05) is 35.9 Å². The van der Waals surface area contributed by atoms with Crippen molar-refractivity contribution in [3.05, 3.63) is 64.4 Å². The lowest BCUT2D eigenvalue weighted by Gasteiger charge is -2.08. The SMILES string of the molecule is OCc1cccc(F)c1SCc1ccc(Cl)cc1. The zero-order valence-electron chi connectivity index (χ0n) is 9.57. The van der Waals surface area contributed by atoms with Crippen molar-refractivity contribution in [2.24, 2.45) is 0 Å². The minimum Gasteiger partial charge on any atom is -0.392 e. The van der Waals surface area contributed by atoms with E-state index in [-0.39, 0.29) is 12.4 Å². The summed E-state index contributed by atoms with van der Waals surface area (Å²) in [6.45, 7) is -0.152. The summed E-state index contributed by atoms with van der Waals surface area (Å²) in [5.74, 6) is 0.353. The van der Waals surface area contributed by atoms with Gasteiger partial charge < -0.3 is 5.11 Å². The summed E-state index contributed by atoms with van der Waals surface area (Å²) in [5.41, 5.74) is 1.69. The Balaban J connectivity index is 2.12. The molecule has 94 valence electrons. The number of halogens is 2. The highest BCUT2D eigenvalue weighted by atomic mass is 35.5. The minimum absolute atomic E-state index is 0.152. The standard InChI is InChI=1S/C14H12ClFOS/c15-12-6-4-10(5-7-12)9-18-14-11(8-17)2-1-3-13(14)16/h1-7,17H,8-9H2. The lowest BCUT2D eigenvalue weighted by molar-refractivity contribution is 0.277. The Morgan fingerprint density at radius 2 is 1.83 bits per heavy atom. The summed E-state index contributed by atoms with van der Waals surface area (Å²) in [4.78, 5) is 0.509. The van der Waals surface area contributed by atoms with E-state index in [0.717, 1.165) is 5.56 Å². The fraction of sp³-hybridized carbons (Fsp3) is 0.143. The summed E-state index contributed by atoms with van der Waals surface area (Å²) >= 11 is 7.18. The first kappa shape index (κ1) is 13.4. The minimum atomic E-state index is -0.291. The van der Waals surface area contributed by atoms with Crippen LogP contribution in [0.5, 0.6) is 0 Å². The van der Waals surface area contributed by atoms with E-state index in [4.69, 9.17) is 11.6 Å². The van der Waals surface area contributed by atoms with Crippen molar-refractivity contribution < 1.29 is 9.50 Å². The van der Waals surface area contributed by atoms with Crippen molar-refractivity contribution in [3.63, 3.8) is 0 Å². The third-order valence-corrected chi connectivity index (χ3v) is 3.99. The molecule has 0 amide bonds. The van der Waals surface area contributed by atoms with Gasteiger partial charge in [0.1, 0.15) is 5.82 Å². The molecule has 0 bridgehead atoms. The molecule has 0 unspecified atom stereocenters. The van der Waals surface area contributed by atoms with Crippen LogP contribution < -0.4 is 0 Å². The molecule has 0 aromatic heterocycles. The van der Waals surface area contributed by atoms with Crippen LogP contribution in [0.2, 0.25) is 5.02 Å². The van der Waals surface area contributed by atoms with Gasteiger partial charge >= 0.3 is 0 Å². The number of hydrogen-bond acceptors (Lipinski definition) is 2. The maximum absolute atomic E-state index is 13.7. The number of thioether (sulfide) groups is 1. The van der Waals surface area contributed by atoms with Crippen LogP contribution >= 0.6 is 23.4 Å². The van der Waals surface area contributed by atoms with Gasteiger partial charge in [-0.2, -0.15) is 0 Å². The molecular weight excluding hydrogens is 271 g/mol. The highest BCUT2D eigenvalue weighted by Gasteiger charge is 2.08. The van der Waals surface area contributed by atoms with Crippen LogP contribution in [0.1, 0.15) is 11.1 Å². The van der Waals surface area contributed by atoms with Crippen LogP contribution in [0.3, 0.4) is 0 Å². The smallest absolute Gasteiger partial charge is 0.137 e. The summed E-state index contributed by atoms with van der Waals surface area (Å²) < 4.78 is 13.7. The molecule has 0 spiro atoms. The molecule has 0 aliphatic heterocycles. The van der Waals surface area contributed by atoms with E-state index in [1.807, 2.05) is 24.3 Å². The third-order valence-electron chi connectivity index (χ3n) is 2.52. The first-order chi connectivity index (χ1) is 8.70. The van der Waals surface area contributed by atoms with E-state index in [1.54, 1.807) is 12.1 Å². The van der Waals surface area contributed by atoms with Crippen molar-refractivity contribution in [1.29, 1.82) is 0 Å². The van der Waals surface area contributed by atoms with Gasteiger partial charge in [0, 0.05) is 15.7 Å². The number of aliphatic hydroxyl groups excluding tert-OH is 1. The second kappa shape index (κ2) is 6.23. The third kappa shape index (κ3) is 3.25. The van der Waals surface area contributed by atoms with Crippen LogP contribution in [-0.2, 0) is 12.4 Å². The Labute approximate surface area is 115 Å². The van der Waals surface area contributed by atoms with Crippen LogP contribution in [-0.4, -0.2) is 5.11 Å². The zero-order valence-corrected chi connectivity index (χ0v) is 11.1. The van der Waals surface area contributed by atoms with E-state index in [9.17, 15) is 9.50 Å². The van der Waals surface area contributed by atoms with Gasteiger partial charge in [0.05, 0.1) is 6.61 Å². The van der Waals surface area contributed by atoms with E-state index < -0.39 is 0 Å². The Bertz CT molecular complexity index is 528. The Kier molecular flexibility index (Phi) is 4.64. The predicted octanol–water partition coefficient (Wildman–Crippen LogP) is 4.26. The van der Waals surface area contributed by atoms with E-state index in [2.05, 4.69) is 0 Å². The van der Waals surface area contributed by atoms with Crippen molar-refractivity contribution in [2.45, 2.75) is 17.3 Å². The van der Waals surface area contributed by atoms with Crippen LogP contribution in [0.25, 0.3) is 0 Å². The molecule has 1 N–H and O–H groups in total. The maximum Gasteiger partial charge on any atom is 0.137 e. The highest BCUT2D eigenvalue weighted by Crippen LogP contribution is 2.29. The van der Waals surface area contributed by atoms with Gasteiger partial charge in [-0.25, -0.2) is 4.39 Å². The fourth-order valence-electron chi connectivity index (χ4n) is 1.58. The van der Waals surface area contributed by atoms with E-state index >= 15 is 0 Å². The molecule has 0 heterocycles. The summed E-state index contributed by atoms with van der Waals surface area (Å²) in [6.07, 6.45) is 0. The van der Waals surface area contributed by atoms with Gasteiger partial charge in [-0.05, 0) is 29.3 Å². The number of aliphatic hydroxyl groups is 1. The van der Waals surface area contributed by atoms with Gasteiger partial charge in [-0.15, -0.1) is 11.8 Å². The van der Waals surface area contributed by atoms with Gasteiger partial charge in [0.15, 0.2) is 0 Å². The normalized spacial score (nSPS) is 10.6. The van der Waals surface area contributed by atoms with Crippen molar-refractivity contribution in [1.82, 2.24) is 0 Å². The van der Waals surface area contributed by atoms with Crippen LogP contribution in [0.4, 0.5) is 4.39 Å². The van der Waals surface area contributed by atoms with E-state index in [0.29, 0.717) is 21.2 Å². The molecule has 0 aliphatic carbocycles. The highest BCUT2D eigenvalue weighted by molar-refractivity contribution is 7.98. The van der Waals surface area contributed by atoms with Crippen LogP contribution in [0, 0.1) is 5.82 Å². The van der Waals surface area contributed by atoms with Crippen molar-refractivity contribution in [2.75, 3.05) is 0 Å². The van der Waals surface area contributed by atoms with Gasteiger partial charge in [-0.3, -0.25) is 0 Å². The lowest BCUT2D eigenvalue weighted by atomic mass is 10.2. The summed E-state index contributed by atoms with van der Waals surface area (Å²) in [6, 6.07) is 12.2. The Morgan fingerprint density at radius 3 is 2.50 bits per heavy atom. The van der Waals surface area contributed by atoms with Crippen molar-refractivity contribution in [3.8, 4) is 0 Å². The molecule has 0 atom stereocenters. The van der Waals surface area contributed by atoms with Crippen molar-refractivity contribution >= 4 is 23.4 Å². The average molecular weight is 283 g/mol. The van der Waals surface area contributed by atoms with E-state index in [1.165, 1.54) is 17.8 Å². The molecule has 0 fully saturated rings. The topological polar surface area (TPSA) is 20.2 Å². The number of hydrogen-bond donors (Lipinski definition) is 1. The maximum atomic E-state index is 13.7. The summed E-state index contributed by atoms with van der Waals surface area (Å²) in [7, 11) is 0. The lowest BCUT2D eigenvalue weighted by Crippen LogP contribution is -1.92. The molecule has 2 aromatic carbocycles. The summed E-state index contributed by atoms with van der Waals surface area (Å²) in [5, 5.41) is 9.86. The number of rotatable bonds is 4. The van der Waals surface area contributed by atoms with Gasteiger partial charge in [0.2, 0.25) is 0 Å². The second-order valence-corrected chi connectivity index (χ2v) is 5.22. The Hall–Kier alpha value is -1.03. The molecule has 18 heavy (non-hydrogen) atoms. The first-order valence-electron chi connectivity index (χ1n) is 5.46. The average Bonchev–Trinajstić information content (AvgIpc) is 2.39. The zero-order chi connectivity index (χ0) is 13.0. The molecule has 2 rings (SSSR count). The Morgan fingerprint density at radius 1 is 1.11 bits per heavy atom. The molecule has 4 heteroatoms.